The zero-order valence-electron chi connectivity index (χ0n) is 16.4. The van der Waals surface area contributed by atoms with Crippen molar-refractivity contribution in [1.29, 1.82) is 0 Å². The second-order valence-corrected chi connectivity index (χ2v) is 8.85. The standard InChI is InChI=1S/C21H33N3O2/c1-21(2,3)20(25)23-19(18-8-4-5-10-22-18)17-7-6-11-24(14-17)13-16-9-12-26-15-16/h4-5,8,10,16-17,19H,6-7,9,11-15H2,1-3H3,(H,23,25)/t16-,17-,19+/m0/s1. The number of nitrogens with one attached hydrogen (secondary N) is 1. The molecule has 5 heteroatoms. The molecule has 0 aliphatic carbocycles. The van der Waals surface area contributed by atoms with Crippen molar-refractivity contribution in [3.05, 3.63) is 30.1 Å². The maximum Gasteiger partial charge on any atom is 0.225 e. The molecule has 26 heavy (non-hydrogen) atoms. The highest BCUT2D eigenvalue weighted by Crippen LogP contribution is 2.31. The number of rotatable bonds is 5. The first-order valence-electron chi connectivity index (χ1n) is 9.95. The molecule has 0 saturated carbocycles. The molecule has 3 atom stereocenters. The number of likely N-dealkylation sites (tertiary alicyclic amines) is 1. The first-order chi connectivity index (χ1) is 12.4. The summed E-state index contributed by atoms with van der Waals surface area (Å²) in [6.45, 7) is 11.0. The molecule has 0 spiro atoms. The van der Waals surface area contributed by atoms with Crippen molar-refractivity contribution in [2.24, 2.45) is 17.3 Å². The lowest BCUT2D eigenvalue weighted by Crippen LogP contribution is -2.46. The Hall–Kier alpha value is -1.46. The zero-order valence-corrected chi connectivity index (χ0v) is 16.4. The van der Waals surface area contributed by atoms with Crippen LogP contribution in [0.15, 0.2) is 24.4 Å². The average Bonchev–Trinajstić information content (AvgIpc) is 3.12. The second-order valence-electron chi connectivity index (χ2n) is 8.85. The number of pyridine rings is 1. The summed E-state index contributed by atoms with van der Waals surface area (Å²) in [6, 6.07) is 5.96. The fourth-order valence-corrected chi connectivity index (χ4v) is 3.97. The van der Waals surface area contributed by atoms with Crippen LogP contribution in [0.4, 0.5) is 0 Å². The molecule has 2 aliphatic rings. The Bertz CT molecular complexity index is 579. The van der Waals surface area contributed by atoms with Gasteiger partial charge in [0.25, 0.3) is 0 Å². The van der Waals surface area contributed by atoms with Crippen molar-refractivity contribution in [3.63, 3.8) is 0 Å². The second kappa shape index (κ2) is 8.49. The summed E-state index contributed by atoms with van der Waals surface area (Å²) in [5.74, 6) is 1.15. The van der Waals surface area contributed by atoms with Gasteiger partial charge in [0.15, 0.2) is 0 Å². The minimum absolute atomic E-state index is 0.0226. The molecule has 0 unspecified atom stereocenters. The number of amides is 1. The van der Waals surface area contributed by atoms with Crippen LogP contribution in [-0.2, 0) is 9.53 Å². The first-order valence-corrected chi connectivity index (χ1v) is 9.95. The minimum atomic E-state index is -0.400. The van der Waals surface area contributed by atoms with Gasteiger partial charge in [-0.15, -0.1) is 0 Å². The number of nitrogens with zero attached hydrogens (tertiary/aromatic N) is 2. The summed E-state index contributed by atoms with van der Waals surface area (Å²) in [6.07, 6.45) is 5.30. The van der Waals surface area contributed by atoms with E-state index in [-0.39, 0.29) is 11.9 Å². The molecule has 2 aliphatic heterocycles. The number of carbonyl (C=O) groups is 1. The number of ether oxygens (including phenoxy) is 1. The van der Waals surface area contributed by atoms with Crippen molar-refractivity contribution in [1.82, 2.24) is 15.2 Å². The highest BCUT2D eigenvalue weighted by molar-refractivity contribution is 5.81. The normalized spacial score (nSPS) is 25.8. The van der Waals surface area contributed by atoms with Gasteiger partial charge < -0.3 is 15.0 Å². The largest absolute Gasteiger partial charge is 0.381 e. The van der Waals surface area contributed by atoms with E-state index in [0.717, 1.165) is 45.0 Å². The maximum atomic E-state index is 12.7. The molecule has 0 aromatic carbocycles. The Morgan fingerprint density at radius 3 is 2.88 bits per heavy atom. The smallest absolute Gasteiger partial charge is 0.225 e. The van der Waals surface area contributed by atoms with Crippen LogP contribution in [0.5, 0.6) is 0 Å². The molecule has 0 bridgehead atoms. The van der Waals surface area contributed by atoms with Crippen molar-refractivity contribution < 1.29 is 9.53 Å². The van der Waals surface area contributed by atoms with E-state index in [9.17, 15) is 4.79 Å². The topological polar surface area (TPSA) is 54.5 Å². The molecule has 144 valence electrons. The highest BCUT2D eigenvalue weighted by Gasteiger charge is 2.33. The lowest BCUT2D eigenvalue weighted by atomic mass is 9.86. The van der Waals surface area contributed by atoms with E-state index in [1.54, 1.807) is 0 Å². The van der Waals surface area contributed by atoms with Crippen LogP contribution in [0, 0.1) is 17.3 Å². The van der Waals surface area contributed by atoms with Crippen LogP contribution in [0.1, 0.15) is 51.8 Å². The van der Waals surface area contributed by atoms with E-state index in [2.05, 4.69) is 15.2 Å². The fourth-order valence-electron chi connectivity index (χ4n) is 3.97. The maximum absolute atomic E-state index is 12.7. The molecule has 5 nitrogen and oxygen atoms in total. The Morgan fingerprint density at radius 1 is 1.38 bits per heavy atom. The van der Waals surface area contributed by atoms with E-state index >= 15 is 0 Å². The zero-order chi connectivity index (χ0) is 18.6. The molecule has 0 radical (unpaired) electrons. The third-order valence-corrected chi connectivity index (χ3v) is 5.53. The molecular weight excluding hydrogens is 326 g/mol. The average molecular weight is 360 g/mol. The number of carbonyl (C=O) groups excluding carboxylic acids is 1. The Balaban J connectivity index is 1.71. The molecule has 1 aromatic rings. The van der Waals surface area contributed by atoms with Crippen LogP contribution >= 0.6 is 0 Å². The van der Waals surface area contributed by atoms with Gasteiger partial charge in [-0.2, -0.15) is 0 Å². The molecule has 1 N–H and O–H groups in total. The van der Waals surface area contributed by atoms with Gasteiger partial charge in [-0.1, -0.05) is 26.8 Å². The summed E-state index contributed by atoms with van der Waals surface area (Å²) in [7, 11) is 0. The van der Waals surface area contributed by atoms with Gasteiger partial charge in [0.2, 0.25) is 5.91 Å². The van der Waals surface area contributed by atoms with Crippen LogP contribution in [0.2, 0.25) is 0 Å². The highest BCUT2D eigenvalue weighted by atomic mass is 16.5. The number of aromatic nitrogens is 1. The van der Waals surface area contributed by atoms with Gasteiger partial charge in [0, 0.05) is 31.3 Å². The number of piperidine rings is 1. The lowest BCUT2D eigenvalue weighted by Gasteiger charge is -2.38. The molecule has 1 aromatic heterocycles. The fraction of sp³-hybridized carbons (Fsp3) is 0.714. The Labute approximate surface area is 157 Å². The Kier molecular flexibility index (Phi) is 6.30. The summed E-state index contributed by atoms with van der Waals surface area (Å²) in [5.41, 5.74) is 0.573. The third-order valence-electron chi connectivity index (χ3n) is 5.53. The number of hydrogen-bond acceptors (Lipinski definition) is 4. The Morgan fingerprint density at radius 2 is 2.23 bits per heavy atom. The van der Waals surface area contributed by atoms with Crippen molar-refractivity contribution in [2.75, 3.05) is 32.8 Å². The molecule has 2 saturated heterocycles. The van der Waals surface area contributed by atoms with Gasteiger partial charge in [0.05, 0.1) is 18.3 Å². The quantitative estimate of drug-likeness (QED) is 0.878. The number of hydrogen-bond donors (Lipinski definition) is 1. The van der Waals surface area contributed by atoms with Crippen LogP contribution in [0.25, 0.3) is 0 Å². The van der Waals surface area contributed by atoms with E-state index in [1.807, 2.05) is 45.2 Å². The van der Waals surface area contributed by atoms with Crippen LogP contribution in [-0.4, -0.2) is 48.6 Å². The van der Waals surface area contributed by atoms with E-state index in [1.165, 1.54) is 12.8 Å². The molecule has 3 heterocycles. The molecule has 3 rings (SSSR count). The van der Waals surface area contributed by atoms with Crippen molar-refractivity contribution in [2.45, 2.75) is 46.1 Å². The lowest BCUT2D eigenvalue weighted by molar-refractivity contribution is -0.130. The summed E-state index contributed by atoms with van der Waals surface area (Å²) >= 11 is 0. The van der Waals surface area contributed by atoms with Gasteiger partial charge >= 0.3 is 0 Å². The summed E-state index contributed by atoms with van der Waals surface area (Å²) in [5, 5.41) is 3.30. The van der Waals surface area contributed by atoms with Gasteiger partial charge in [0.1, 0.15) is 0 Å². The van der Waals surface area contributed by atoms with Crippen LogP contribution in [0.3, 0.4) is 0 Å². The SMILES string of the molecule is CC(C)(C)C(=O)N[C@@H](c1ccccn1)[C@H]1CCCN(C[C@@H]2CCOC2)C1. The van der Waals surface area contributed by atoms with Gasteiger partial charge in [-0.25, -0.2) is 0 Å². The summed E-state index contributed by atoms with van der Waals surface area (Å²) in [4.78, 5) is 19.8. The van der Waals surface area contributed by atoms with E-state index in [0.29, 0.717) is 11.8 Å². The predicted octanol–water partition coefficient (Wildman–Crippen LogP) is 3.03. The van der Waals surface area contributed by atoms with Crippen LogP contribution < -0.4 is 5.32 Å². The van der Waals surface area contributed by atoms with Gasteiger partial charge in [-0.05, 0) is 49.8 Å². The molecular formula is C21H33N3O2. The minimum Gasteiger partial charge on any atom is -0.381 e. The first kappa shape index (κ1) is 19.3. The monoisotopic (exact) mass is 359 g/mol. The predicted molar refractivity (Wildman–Crippen MR) is 103 cm³/mol. The molecule has 2 fully saturated rings. The van der Waals surface area contributed by atoms with Crippen molar-refractivity contribution in [3.8, 4) is 0 Å². The third kappa shape index (κ3) is 5.04. The van der Waals surface area contributed by atoms with E-state index in [4.69, 9.17) is 4.74 Å². The van der Waals surface area contributed by atoms with E-state index < -0.39 is 5.41 Å². The van der Waals surface area contributed by atoms with Crippen molar-refractivity contribution >= 4 is 5.91 Å². The summed E-state index contributed by atoms with van der Waals surface area (Å²) < 4.78 is 5.54. The van der Waals surface area contributed by atoms with Gasteiger partial charge in [-0.3, -0.25) is 9.78 Å². The molecule has 1 amide bonds.